The van der Waals surface area contributed by atoms with Gasteiger partial charge in [-0.25, -0.2) is 9.78 Å². The Morgan fingerprint density at radius 2 is 2.06 bits per heavy atom. The Balaban J connectivity index is 1.79. The van der Waals surface area contributed by atoms with E-state index < -0.39 is 5.97 Å². The molecule has 0 saturated heterocycles. The normalized spacial score (nSPS) is 14.1. The molecule has 1 fully saturated rings. The third-order valence-corrected chi connectivity index (χ3v) is 5.82. The van der Waals surface area contributed by atoms with Crippen molar-refractivity contribution >= 4 is 45.5 Å². The molecule has 4 rings (SSSR count). The van der Waals surface area contributed by atoms with Crippen LogP contribution in [0.3, 0.4) is 0 Å². The maximum absolute atomic E-state index is 12.4. The first-order chi connectivity index (χ1) is 14.8. The van der Waals surface area contributed by atoms with E-state index in [-0.39, 0.29) is 33.7 Å². The lowest BCUT2D eigenvalue weighted by Crippen LogP contribution is -2.22. The molecule has 31 heavy (non-hydrogen) atoms. The van der Waals surface area contributed by atoms with Crippen LogP contribution in [0.2, 0.25) is 5.15 Å². The predicted molar refractivity (Wildman–Crippen MR) is 119 cm³/mol. The third kappa shape index (κ3) is 4.05. The van der Waals surface area contributed by atoms with Crippen LogP contribution in [0.15, 0.2) is 35.1 Å². The zero-order chi connectivity index (χ0) is 22.3. The van der Waals surface area contributed by atoms with Crippen LogP contribution in [0.4, 0.5) is 17.1 Å². The van der Waals surface area contributed by atoms with Gasteiger partial charge >= 0.3 is 5.97 Å². The molecule has 2 aromatic heterocycles. The first kappa shape index (κ1) is 20.7. The van der Waals surface area contributed by atoms with Gasteiger partial charge in [0.05, 0.1) is 11.2 Å². The molecule has 3 N–H and O–H groups in total. The number of nitriles is 1. The van der Waals surface area contributed by atoms with Gasteiger partial charge in [-0.3, -0.25) is 4.79 Å². The van der Waals surface area contributed by atoms with Gasteiger partial charge in [0.2, 0.25) is 0 Å². The molecule has 2 heterocycles. The number of aromatic carboxylic acids is 1. The summed E-state index contributed by atoms with van der Waals surface area (Å²) in [4.78, 5) is 27.5. The Morgan fingerprint density at radius 1 is 1.32 bits per heavy atom. The second-order valence-electron chi connectivity index (χ2n) is 7.72. The highest BCUT2D eigenvalue weighted by Crippen LogP contribution is 2.35. The van der Waals surface area contributed by atoms with Crippen LogP contribution in [-0.4, -0.2) is 26.7 Å². The number of nitrogens with one attached hydrogen (secondary N) is 2. The molecule has 0 spiro atoms. The monoisotopic (exact) mass is 437 g/mol. The summed E-state index contributed by atoms with van der Waals surface area (Å²) in [5.74, 6) is -0.643. The van der Waals surface area contributed by atoms with E-state index in [0.717, 1.165) is 16.6 Å². The summed E-state index contributed by atoms with van der Waals surface area (Å²) in [5.41, 5.74) is 2.01. The van der Waals surface area contributed by atoms with E-state index in [2.05, 4.69) is 22.5 Å². The summed E-state index contributed by atoms with van der Waals surface area (Å²) in [5, 5.41) is 25.9. The zero-order valence-electron chi connectivity index (χ0n) is 16.9. The van der Waals surface area contributed by atoms with Crippen molar-refractivity contribution in [3.63, 3.8) is 0 Å². The molecule has 158 valence electrons. The summed E-state index contributed by atoms with van der Waals surface area (Å²) in [6, 6.07) is 10.5. The number of aryl methyl sites for hydroxylation is 1. The quantitative estimate of drug-likeness (QED) is 0.496. The second-order valence-corrected chi connectivity index (χ2v) is 8.08. The molecule has 0 amide bonds. The molecule has 0 radical (unpaired) electrons. The Hall–Kier alpha value is -3.57. The van der Waals surface area contributed by atoms with Crippen molar-refractivity contribution < 1.29 is 9.90 Å². The Labute approximate surface area is 183 Å². The molecule has 9 heteroatoms. The van der Waals surface area contributed by atoms with Crippen molar-refractivity contribution in [3.05, 3.63) is 57.1 Å². The molecule has 1 aromatic carbocycles. The molecular weight excluding hydrogens is 418 g/mol. The predicted octanol–water partition coefficient (Wildman–Crippen LogP) is 4.11. The van der Waals surface area contributed by atoms with Crippen molar-refractivity contribution in [3.8, 4) is 6.07 Å². The minimum atomic E-state index is -1.25. The summed E-state index contributed by atoms with van der Waals surface area (Å²) >= 11 is 6.01. The van der Waals surface area contributed by atoms with Crippen LogP contribution in [0, 0.1) is 17.2 Å². The fourth-order valence-electron chi connectivity index (χ4n) is 3.60. The fraction of sp³-hybridized carbons (Fsp3) is 0.273. The highest BCUT2D eigenvalue weighted by Gasteiger charge is 2.28. The number of hydrogen-bond acceptors (Lipinski definition) is 6. The average Bonchev–Trinajstić information content (AvgIpc) is 3.57. The van der Waals surface area contributed by atoms with Crippen LogP contribution in [-0.2, 0) is 7.05 Å². The van der Waals surface area contributed by atoms with E-state index in [4.69, 9.17) is 11.6 Å². The lowest BCUT2D eigenvalue weighted by molar-refractivity contribution is 0.0690. The van der Waals surface area contributed by atoms with Gasteiger partial charge in [-0.2, -0.15) is 5.26 Å². The van der Waals surface area contributed by atoms with Gasteiger partial charge in [0, 0.05) is 35.9 Å². The number of fused-ring (bicyclic) bond motifs is 1. The average molecular weight is 438 g/mol. The van der Waals surface area contributed by atoms with Gasteiger partial charge < -0.3 is 20.3 Å². The molecule has 0 aliphatic heterocycles. The van der Waals surface area contributed by atoms with Gasteiger partial charge in [-0.1, -0.05) is 11.6 Å². The van der Waals surface area contributed by atoms with Gasteiger partial charge in [0.25, 0.3) is 5.56 Å². The van der Waals surface area contributed by atoms with Crippen molar-refractivity contribution in [1.82, 2.24) is 9.55 Å². The lowest BCUT2D eigenvalue weighted by Gasteiger charge is -2.18. The third-order valence-electron chi connectivity index (χ3n) is 5.54. The molecule has 0 bridgehead atoms. The molecule has 0 unspecified atom stereocenters. The summed E-state index contributed by atoms with van der Waals surface area (Å²) in [6.07, 6.45) is 2.35. The first-order valence-corrected chi connectivity index (χ1v) is 10.2. The van der Waals surface area contributed by atoms with E-state index in [1.807, 2.05) is 12.1 Å². The maximum atomic E-state index is 12.4. The Bertz CT molecular complexity index is 1310. The van der Waals surface area contributed by atoms with Crippen molar-refractivity contribution in [1.29, 1.82) is 5.26 Å². The SMILES string of the molecule is C[C@H](Nc1cc(=O)n(C)c2ccc(Nc3cc(C(=O)O)nc(Cl)c3C#N)cc12)C1CC1. The Kier molecular flexibility index (Phi) is 5.29. The van der Waals surface area contributed by atoms with E-state index in [1.165, 1.54) is 18.9 Å². The van der Waals surface area contributed by atoms with Crippen molar-refractivity contribution in [2.75, 3.05) is 10.6 Å². The molecule has 1 atom stereocenters. The van der Waals surface area contributed by atoms with Gasteiger partial charge in [-0.15, -0.1) is 0 Å². The number of nitrogens with zero attached hydrogens (tertiary/aromatic N) is 3. The number of carbonyl (C=O) groups is 1. The van der Waals surface area contributed by atoms with Crippen LogP contribution >= 0.6 is 11.6 Å². The van der Waals surface area contributed by atoms with E-state index in [9.17, 15) is 20.0 Å². The number of halogens is 1. The number of carboxylic acids is 1. The minimum Gasteiger partial charge on any atom is -0.477 e. The van der Waals surface area contributed by atoms with Crippen molar-refractivity contribution in [2.24, 2.45) is 13.0 Å². The summed E-state index contributed by atoms with van der Waals surface area (Å²) in [6.45, 7) is 2.11. The molecule has 1 aliphatic rings. The standard InChI is InChI=1S/C22H20ClN5O3/c1-11(12-3-4-12)25-17-9-20(29)28(2)19-6-5-13(7-14(17)19)26-16-8-18(22(30)31)27-21(23)15(16)10-24/h5-9,11-12,25H,3-4H2,1-2H3,(H,26,27)(H,30,31)/t11-/m0/s1. The van der Waals surface area contributed by atoms with Gasteiger partial charge in [-0.05, 0) is 49.9 Å². The number of anilines is 3. The van der Waals surface area contributed by atoms with Crippen molar-refractivity contribution in [2.45, 2.75) is 25.8 Å². The minimum absolute atomic E-state index is 0.0490. The summed E-state index contributed by atoms with van der Waals surface area (Å²) in [7, 11) is 1.71. The number of carboxylic acid groups (broad SMARTS) is 1. The number of rotatable bonds is 6. The number of aromatic nitrogens is 2. The van der Waals surface area contributed by atoms with Crippen LogP contribution in [0.5, 0.6) is 0 Å². The van der Waals surface area contributed by atoms with Gasteiger partial charge in [0.1, 0.15) is 16.8 Å². The molecular formula is C22H20ClN5O3. The van der Waals surface area contributed by atoms with E-state index >= 15 is 0 Å². The smallest absolute Gasteiger partial charge is 0.354 e. The first-order valence-electron chi connectivity index (χ1n) is 9.79. The second kappa shape index (κ2) is 7.93. The van der Waals surface area contributed by atoms with E-state index in [0.29, 0.717) is 11.6 Å². The van der Waals surface area contributed by atoms with Gasteiger partial charge in [0.15, 0.2) is 5.69 Å². The largest absolute Gasteiger partial charge is 0.477 e. The van der Waals surface area contributed by atoms with Crippen LogP contribution in [0.25, 0.3) is 10.9 Å². The lowest BCUT2D eigenvalue weighted by atomic mass is 10.1. The number of benzene rings is 1. The Morgan fingerprint density at radius 3 is 2.71 bits per heavy atom. The summed E-state index contributed by atoms with van der Waals surface area (Å²) < 4.78 is 1.57. The zero-order valence-corrected chi connectivity index (χ0v) is 17.7. The van der Waals surface area contributed by atoms with Crippen LogP contribution < -0.4 is 16.2 Å². The highest BCUT2D eigenvalue weighted by atomic mass is 35.5. The highest BCUT2D eigenvalue weighted by molar-refractivity contribution is 6.31. The number of pyridine rings is 2. The molecule has 8 nitrogen and oxygen atoms in total. The molecule has 1 aliphatic carbocycles. The molecule has 3 aromatic rings. The fourth-order valence-corrected chi connectivity index (χ4v) is 3.84. The van der Waals surface area contributed by atoms with E-state index in [1.54, 1.807) is 29.8 Å². The topological polar surface area (TPSA) is 120 Å². The number of hydrogen-bond donors (Lipinski definition) is 3. The maximum Gasteiger partial charge on any atom is 0.354 e. The van der Waals surface area contributed by atoms with Crippen LogP contribution in [0.1, 0.15) is 35.8 Å². The molecule has 1 saturated carbocycles.